The number of halogens is 1. The van der Waals surface area contributed by atoms with E-state index in [1.165, 1.54) is 12.1 Å². The summed E-state index contributed by atoms with van der Waals surface area (Å²) in [6, 6.07) is 5.44. The van der Waals surface area contributed by atoms with Crippen molar-refractivity contribution < 1.29 is 13.7 Å². The summed E-state index contributed by atoms with van der Waals surface area (Å²) in [5, 5.41) is 6.69. The van der Waals surface area contributed by atoms with Crippen molar-refractivity contribution in [1.29, 1.82) is 0 Å². The molecule has 1 heterocycles. The van der Waals surface area contributed by atoms with Gasteiger partial charge in [-0.1, -0.05) is 25.9 Å². The maximum atomic E-state index is 12.9. The van der Waals surface area contributed by atoms with Crippen LogP contribution < -0.4 is 5.32 Å². The maximum Gasteiger partial charge on any atom is 0.249 e. The zero-order chi connectivity index (χ0) is 16.3. The second-order valence-corrected chi connectivity index (χ2v) is 6.49. The maximum absolute atomic E-state index is 12.9. The molecule has 0 spiro atoms. The number of aromatic nitrogens is 2. The Kier molecular flexibility index (Phi) is 4.59. The van der Waals surface area contributed by atoms with Crippen LogP contribution in [-0.4, -0.2) is 16.0 Å². The van der Waals surface area contributed by atoms with E-state index in [1.807, 2.05) is 20.8 Å². The number of nitrogens with zero attached hydrogens (tertiary/aromatic N) is 2. The summed E-state index contributed by atoms with van der Waals surface area (Å²) in [7, 11) is 0. The highest BCUT2D eigenvalue weighted by atomic mass is 19.1. The van der Waals surface area contributed by atoms with Gasteiger partial charge < -0.3 is 9.84 Å². The number of hydrogen-bond acceptors (Lipinski definition) is 4. The first-order valence-electron chi connectivity index (χ1n) is 7.13. The summed E-state index contributed by atoms with van der Waals surface area (Å²) in [6.07, 6.45) is 0.413. The summed E-state index contributed by atoms with van der Waals surface area (Å²) in [5.41, 5.74) is 0.572. The number of carbonyl (C=O) groups excluding carboxylic acids is 1. The monoisotopic (exact) mass is 305 g/mol. The number of amides is 1. The van der Waals surface area contributed by atoms with Crippen molar-refractivity contribution in [2.45, 2.75) is 40.2 Å². The molecule has 1 aromatic carbocycles. The van der Waals surface area contributed by atoms with E-state index in [4.69, 9.17) is 4.52 Å². The lowest BCUT2D eigenvalue weighted by molar-refractivity contribution is -0.123. The van der Waals surface area contributed by atoms with Crippen LogP contribution in [0.25, 0.3) is 11.4 Å². The van der Waals surface area contributed by atoms with Gasteiger partial charge in [-0.3, -0.25) is 4.79 Å². The van der Waals surface area contributed by atoms with Crippen LogP contribution in [-0.2, 0) is 4.79 Å². The molecule has 2 aromatic rings. The number of hydrogen-bond donors (Lipinski definition) is 1. The summed E-state index contributed by atoms with van der Waals surface area (Å²) < 4.78 is 18.1. The van der Waals surface area contributed by atoms with Crippen molar-refractivity contribution in [1.82, 2.24) is 15.5 Å². The summed E-state index contributed by atoms with van der Waals surface area (Å²) in [5.74, 6) is 0.297. The molecule has 1 atom stereocenters. The molecule has 6 heteroatoms. The van der Waals surface area contributed by atoms with Crippen LogP contribution in [0, 0.1) is 11.2 Å². The number of benzene rings is 1. The van der Waals surface area contributed by atoms with Gasteiger partial charge >= 0.3 is 0 Å². The molecule has 0 radical (unpaired) electrons. The zero-order valence-electron chi connectivity index (χ0n) is 13.2. The van der Waals surface area contributed by atoms with Crippen LogP contribution in [0.15, 0.2) is 28.8 Å². The molecule has 5 nitrogen and oxygen atoms in total. The molecule has 1 aromatic heterocycles. The van der Waals surface area contributed by atoms with E-state index in [1.54, 1.807) is 19.1 Å². The largest absolute Gasteiger partial charge is 0.345 e. The fourth-order valence-electron chi connectivity index (χ4n) is 1.96. The van der Waals surface area contributed by atoms with E-state index in [-0.39, 0.29) is 23.2 Å². The van der Waals surface area contributed by atoms with E-state index in [9.17, 15) is 9.18 Å². The van der Waals surface area contributed by atoms with Crippen LogP contribution >= 0.6 is 0 Å². The van der Waals surface area contributed by atoms with Gasteiger partial charge in [0.05, 0.1) is 0 Å². The lowest BCUT2D eigenvalue weighted by Crippen LogP contribution is -2.30. The quantitative estimate of drug-likeness (QED) is 0.939. The normalized spacial score (nSPS) is 13.0. The van der Waals surface area contributed by atoms with Gasteiger partial charge in [-0.2, -0.15) is 4.98 Å². The first-order valence-corrected chi connectivity index (χ1v) is 7.13. The van der Waals surface area contributed by atoms with E-state index in [0.717, 1.165) is 0 Å². The zero-order valence-corrected chi connectivity index (χ0v) is 13.2. The third-order valence-corrected chi connectivity index (χ3v) is 2.98. The van der Waals surface area contributed by atoms with Gasteiger partial charge in [0.1, 0.15) is 11.9 Å². The molecule has 0 saturated carbocycles. The summed E-state index contributed by atoms with van der Waals surface area (Å²) >= 11 is 0. The molecule has 0 aliphatic rings. The Labute approximate surface area is 128 Å². The predicted octanol–water partition coefficient (Wildman–Crippen LogP) is 3.49. The van der Waals surface area contributed by atoms with Gasteiger partial charge in [-0.15, -0.1) is 0 Å². The average Bonchev–Trinajstić information content (AvgIpc) is 2.86. The molecule has 0 aliphatic carbocycles. The number of nitrogens with one attached hydrogen (secondary N) is 1. The van der Waals surface area contributed by atoms with Gasteiger partial charge in [-0.25, -0.2) is 4.39 Å². The van der Waals surface area contributed by atoms with Crippen LogP contribution in [0.5, 0.6) is 0 Å². The minimum atomic E-state index is -0.378. The smallest absolute Gasteiger partial charge is 0.249 e. The first kappa shape index (κ1) is 16.1. The molecule has 2 rings (SSSR count). The molecule has 0 aliphatic heterocycles. The molecular formula is C16H20FN3O2. The van der Waals surface area contributed by atoms with Crippen molar-refractivity contribution >= 4 is 5.91 Å². The number of carbonyl (C=O) groups is 1. The molecule has 1 N–H and O–H groups in total. The van der Waals surface area contributed by atoms with Gasteiger partial charge in [0.15, 0.2) is 0 Å². The molecule has 0 bridgehead atoms. The Morgan fingerprint density at radius 3 is 2.55 bits per heavy atom. The lowest BCUT2D eigenvalue weighted by Gasteiger charge is -2.18. The van der Waals surface area contributed by atoms with Crippen LogP contribution in [0.3, 0.4) is 0 Å². The molecule has 22 heavy (non-hydrogen) atoms. The fourth-order valence-corrected chi connectivity index (χ4v) is 1.96. The Hall–Kier alpha value is -2.24. The van der Waals surface area contributed by atoms with Crippen molar-refractivity contribution in [2.75, 3.05) is 0 Å². The van der Waals surface area contributed by atoms with Gasteiger partial charge in [0.2, 0.25) is 17.6 Å². The molecule has 0 fully saturated rings. The van der Waals surface area contributed by atoms with E-state index in [0.29, 0.717) is 23.7 Å². The lowest BCUT2D eigenvalue weighted by atomic mass is 9.92. The van der Waals surface area contributed by atoms with Crippen molar-refractivity contribution in [2.24, 2.45) is 5.41 Å². The molecular weight excluding hydrogens is 285 g/mol. The van der Waals surface area contributed by atoms with Crippen LogP contribution in [0.1, 0.15) is 46.0 Å². The fraction of sp³-hybridized carbons (Fsp3) is 0.438. The average molecular weight is 305 g/mol. The van der Waals surface area contributed by atoms with Gasteiger partial charge in [0, 0.05) is 12.0 Å². The van der Waals surface area contributed by atoms with E-state index in [2.05, 4.69) is 15.5 Å². The minimum absolute atomic E-state index is 0.0680. The van der Waals surface area contributed by atoms with E-state index < -0.39 is 0 Å². The van der Waals surface area contributed by atoms with Crippen LogP contribution in [0.2, 0.25) is 0 Å². The topological polar surface area (TPSA) is 68.0 Å². The standard InChI is InChI=1S/C16H20FN3O2/c1-10(18-13(21)9-16(2,3)4)15-19-14(20-22-15)11-5-7-12(17)8-6-11/h5-8,10H,9H2,1-4H3,(H,18,21). The molecule has 118 valence electrons. The third kappa shape index (κ3) is 4.38. The van der Waals surface area contributed by atoms with Gasteiger partial charge in [-0.05, 0) is 36.6 Å². The number of rotatable bonds is 4. The third-order valence-electron chi connectivity index (χ3n) is 2.98. The van der Waals surface area contributed by atoms with Crippen molar-refractivity contribution in [3.63, 3.8) is 0 Å². The Morgan fingerprint density at radius 1 is 1.32 bits per heavy atom. The Balaban J connectivity index is 2.04. The highest BCUT2D eigenvalue weighted by molar-refractivity contribution is 5.76. The minimum Gasteiger partial charge on any atom is -0.345 e. The van der Waals surface area contributed by atoms with Gasteiger partial charge in [0.25, 0.3) is 0 Å². The van der Waals surface area contributed by atoms with Crippen LogP contribution in [0.4, 0.5) is 4.39 Å². The second-order valence-electron chi connectivity index (χ2n) is 6.49. The Morgan fingerprint density at radius 2 is 1.95 bits per heavy atom. The molecule has 1 amide bonds. The van der Waals surface area contributed by atoms with E-state index >= 15 is 0 Å². The SMILES string of the molecule is CC(NC(=O)CC(C)(C)C)c1nc(-c2ccc(F)cc2)no1. The predicted molar refractivity (Wildman–Crippen MR) is 80.3 cm³/mol. The summed E-state index contributed by atoms with van der Waals surface area (Å²) in [4.78, 5) is 16.2. The highest BCUT2D eigenvalue weighted by Gasteiger charge is 2.21. The molecule has 1 unspecified atom stereocenters. The Bertz CT molecular complexity index is 644. The first-order chi connectivity index (χ1) is 10.2. The molecule has 0 saturated heterocycles. The van der Waals surface area contributed by atoms with Crippen molar-refractivity contribution in [3.8, 4) is 11.4 Å². The second kappa shape index (κ2) is 6.25. The summed E-state index contributed by atoms with van der Waals surface area (Å²) in [6.45, 7) is 7.77. The highest BCUT2D eigenvalue weighted by Crippen LogP contribution is 2.21. The van der Waals surface area contributed by atoms with Crippen molar-refractivity contribution in [3.05, 3.63) is 36.0 Å².